The van der Waals surface area contributed by atoms with E-state index in [0.29, 0.717) is 16.7 Å². The summed E-state index contributed by atoms with van der Waals surface area (Å²) in [5.41, 5.74) is 5.70. The number of nitrogens with zero attached hydrogens (tertiary/aromatic N) is 1. The molecule has 0 saturated carbocycles. The Hall–Kier alpha value is -3.78. The lowest BCUT2D eigenvalue weighted by atomic mass is 10.1. The molecular formula is C25H22BrN3O4. The summed E-state index contributed by atoms with van der Waals surface area (Å²) >= 11 is 3.37. The van der Waals surface area contributed by atoms with Gasteiger partial charge >= 0.3 is 5.97 Å². The van der Waals surface area contributed by atoms with E-state index >= 15 is 0 Å². The van der Waals surface area contributed by atoms with Gasteiger partial charge in [0.15, 0.2) is 0 Å². The predicted octanol–water partition coefficient (Wildman–Crippen LogP) is 4.17. The summed E-state index contributed by atoms with van der Waals surface area (Å²) in [6.45, 7) is 3.57. The standard InChI is InChI=1S/C25H22BrN3O4/c1-16-6-8-18(9-7-16)24(31)27-15-23(30)29-28-14-20-13-21(26)10-11-22(20)33-25(32)19-5-3-4-17(2)12-19/h3-14H,15H2,1-2H3,(H,27,31)(H,29,30)/b28-14+. The van der Waals surface area contributed by atoms with Crippen molar-refractivity contribution in [2.45, 2.75) is 13.8 Å². The Kier molecular flexibility index (Phi) is 8.10. The molecule has 0 aliphatic carbocycles. The number of hydrogen-bond donors (Lipinski definition) is 2. The molecule has 0 aromatic heterocycles. The molecule has 0 aliphatic rings. The number of aryl methyl sites for hydroxylation is 2. The topological polar surface area (TPSA) is 96.9 Å². The maximum Gasteiger partial charge on any atom is 0.343 e. The van der Waals surface area contributed by atoms with Crippen molar-refractivity contribution in [2.24, 2.45) is 5.10 Å². The van der Waals surface area contributed by atoms with Crippen molar-refractivity contribution in [1.82, 2.24) is 10.7 Å². The molecule has 2 amide bonds. The molecule has 2 N–H and O–H groups in total. The monoisotopic (exact) mass is 507 g/mol. The van der Waals surface area contributed by atoms with Crippen LogP contribution in [0.4, 0.5) is 0 Å². The van der Waals surface area contributed by atoms with Crippen molar-refractivity contribution >= 4 is 39.9 Å². The van der Waals surface area contributed by atoms with Crippen LogP contribution < -0.4 is 15.5 Å². The van der Waals surface area contributed by atoms with Crippen LogP contribution in [-0.4, -0.2) is 30.5 Å². The highest BCUT2D eigenvalue weighted by Crippen LogP contribution is 2.23. The first-order valence-electron chi connectivity index (χ1n) is 10.1. The first kappa shape index (κ1) is 23.9. The molecule has 3 rings (SSSR count). The van der Waals surface area contributed by atoms with E-state index in [1.54, 1.807) is 48.5 Å². The van der Waals surface area contributed by atoms with Gasteiger partial charge in [-0.1, -0.05) is 51.3 Å². The molecule has 0 atom stereocenters. The minimum atomic E-state index is -0.501. The SMILES string of the molecule is Cc1ccc(C(=O)NCC(=O)N/N=C/c2cc(Br)ccc2OC(=O)c2cccc(C)c2)cc1. The molecule has 0 unspecified atom stereocenters. The number of benzene rings is 3. The van der Waals surface area contributed by atoms with E-state index in [9.17, 15) is 14.4 Å². The highest BCUT2D eigenvalue weighted by molar-refractivity contribution is 9.10. The fraction of sp³-hybridized carbons (Fsp3) is 0.120. The lowest BCUT2D eigenvalue weighted by Crippen LogP contribution is -2.34. The second-order valence-corrected chi connectivity index (χ2v) is 8.20. The van der Waals surface area contributed by atoms with Gasteiger partial charge in [-0.05, 0) is 56.3 Å². The quantitative estimate of drug-likeness (QED) is 0.217. The van der Waals surface area contributed by atoms with Crippen LogP contribution in [0, 0.1) is 13.8 Å². The van der Waals surface area contributed by atoms with Gasteiger partial charge in [-0.25, -0.2) is 10.2 Å². The molecule has 33 heavy (non-hydrogen) atoms. The van der Waals surface area contributed by atoms with Gasteiger partial charge in [-0.15, -0.1) is 0 Å². The van der Waals surface area contributed by atoms with Crippen LogP contribution in [0.3, 0.4) is 0 Å². The molecule has 0 aliphatic heterocycles. The minimum Gasteiger partial charge on any atom is -0.422 e. The third-order valence-electron chi connectivity index (χ3n) is 4.54. The van der Waals surface area contributed by atoms with Crippen molar-refractivity contribution < 1.29 is 19.1 Å². The first-order valence-corrected chi connectivity index (χ1v) is 10.9. The van der Waals surface area contributed by atoms with Crippen molar-refractivity contribution in [1.29, 1.82) is 0 Å². The first-order chi connectivity index (χ1) is 15.8. The van der Waals surface area contributed by atoms with Gasteiger partial charge in [0.25, 0.3) is 11.8 Å². The number of ether oxygens (including phenoxy) is 1. The Morgan fingerprint density at radius 1 is 0.939 bits per heavy atom. The summed E-state index contributed by atoms with van der Waals surface area (Å²) in [7, 11) is 0. The lowest BCUT2D eigenvalue weighted by Gasteiger charge is -2.08. The summed E-state index contributed by atoms with van der Waals surface area (Å²) in [6.07, 6.45) is 1.36. The van der Waals surface area contributed by atoms with Crippen LogP contribution in [0.1, 0.15) is 37.4 Å². The second-order valence-electron chi connectivity index (χ2n) is 7.28. The van der Waals surface area contributed by atoms with Gasteiger partial charge in [0, 0.05) is 15.6 Å². The molecule has 0 spiro atoms. The lowest BCUT2D eigenvalue weighted by molar-refractivity contribution is -0.120. The molecule has 0 heterocycles. The van der Waals surface area contributed by atoms with Crippen molar-refractivity contribution in [2.75, 3.05) is 6.54 Å². The third kappa shape index (κ3) is 7.11. The zero-order valence-corrected chi connectivity index (χ0v) is 19.7. The maximum atomic E-state index is 12.5. The number of nitrogens with one attached hydrogen (secondary N) is 2. The number of amides is 2. The van der Waals surface area contributed by atoms with Crippen molar-refractivity contribution in [3.8, 4) is 5.75 Å². The molecule has 3 aromatic carbocycles. The Labute approximate surface area is 200 Å². The molecule has 7 nitrogen and oxygen atoms in total. The van der Waals surface area contributed by atoms with Crippen LogP contribution in [0.25, 0.3) is 0 Å². The summed E-state index contributed by atoms with van der Waals surface area (Å²) in [5.74, 6) is -1.07. The van der Waals surface area contributed by atoms with E-state index in [1.165, 1.54) is 6.21 Å². The summed E-state index contributed by atoms with van der Waals surface area (Å²) in [4.78, 5) is 36.6. The van der Waals surface area contributed by atoms with Gasteiger partial charge in [0.05, 0.1) is 18.3 Å². The van der Waals surface area contributed by atoms with Gasteiger partial charge in [-0.2, -0.15) is 5.10 Å². The molecule has 8 heteroatoms. The average Bonchev–Trinajstić information content (AvgIpc) is 2.79. The molecule has 168 valence electrons. The van der Waals surface area contributed by atoms with Gasteiger partial charge in [-0.3, -0.25) is 9.59 Å². The summed E-state index contributed by atoms with van der Waals surface area (Å²) in [5, 5.41) is 6.45. The molecule has 0 bridgehead atoms. The number of carbonyl (C=O) groups is 3. The Bertz CT molecular complexity index is 1210. The van der Waals surface area contributed by atoms with Gasteiger partial charge in [0.2, 0.25) is 0 Å². The summed E-state index contributed by atoms with van der Waals surface area (Å²) in [6, 6.07) is 19.2. The van der Waals surface area contributed by atoms with Crippen molar-refractivity contribution in [3.63, 3.8) is 0 Å². The van der Waals surface area contributed by atoms with E-state index in [0.717, 1.165) is 15.6 Å². The average molecular weight is 508 g/mol. The molecule has 0 saturated heterocycles. The van der Waals surface area contributed by atoms with Crippen LogP contribution >= 0.6 is 15.9 Å². The number of rotatable bonds is 7. The number of esters is 1. The zero-order chi connectivity index (χ0) is 23.8. The minimum absolute atomic E-state index is 0.238. The number of halogens is 1. The van der Waals surface area contributed by atoms with E-state index < -0.39 is 11.9 Å². The fourth-order valence-electron chi connectivity index (χ4n) is 2.82. The maximum absolute atomic E-state index is 12.5. The number of hydrogen-bond acceptors (Lipinski definition) is 5. The van der Waals surface area contributed by atoms with Crippen LogP contribution in [0.2, 0.25) is 0 Å². The van der Waals surface area contributed by atoms with E-state index in [1.807, 2.05) is 32.0 Å². The highest BCUT2D eigenvalue weighted by atomic mass is 79.9. The van der Waals surface area contributed by atoms with Gasteiger partial charge in [0.1, 0.15) is 5.75 Å². The fourth-order valence-corrected chi connectivity index (χ4v) is 3.20. The van der Waals surface area contributed by atoms with E-state index in [4.69, 9.17) is 4.74 Å². The largest absolute Gasteiger partial charge is 0.422 e. The Morgan fingerprint density at radius 3 is 2.42 bits per heavy atom. The predicted molar refractivity (Wildman–Crippen MR) is 130 cm³/mol. The van der Waals surface area contributed by atoms with Gasteiger partial charge < -0.3 is 10.1 Å². The van der Waals surface area contributed by atoms with E-state index in [2.05, 4.69) is 31.8 Å². The third-order valence-corrected chi connectivity index (χ3v) is 5.04. The van der Waals surface area contributed by atoms with Crippen LogP contribution in [-0.2, 0) is 4.79 Å². The van der Waals surface area contributed by atoms with Crippen molar-refractivity contribution in [3.05, 3.63) is 99.0 Å². The second kappa shape index (κ2) is 11.2. The Balaban J connectivity index is 1.59. The number of hydrazone groups is 1. The van der Waals surface area contributed by atoms with Crippen LogP contribution in [0.5, 0.6) is 5.75 Å². The number of carbonyl (C=O) groups excluding carboxylic acids is 3. The molecular weight excluding hydrogens is 486 g/mol. The summed E-state index contributed by atoms with van der Waals surface area (Å²) < 4.78 is 6.26. The zero-order valence-electron chi connectivity index (χ0n) is 18.1. The normalized spacial score (nSPS) is 10.6. The van der Waals surface area contributed by atoms with E-state index in [-0.39, 0.29) is 18.2 Å². The molecule has 0 radical (unpaired) electrons. The smallest absolute Gasteiger partial charge is 0.343 e. The molecule has 0 fully saturated rings. The van der Waals surface area contributed by atoms with Crippen LogP contribution in [0.15, 0.2) is 76.3 Å². The molecule has 3 aromatic rings. The Morgan fingerprint density at radius 2 is 1.70 bits per heavy atom. The highest BCUT2D eigenvalue weighted by Gasteiger charge is 2.12.